The molecule has 0 atom stereocenters. The molecule has 4 heteroatoms. The zero-order valence-corrected chi connectivity index (χ0v) is 8.29. The molecule has 2 fully saturated rings. The maximum Gasteiger partial charge on any atom is 0.170 e. The van der Waals surface area contributed by atoms with Crippen molar-refractivity contribution in [3.63, 3.8) is 0 Å². The van der Waals surface area contributed by atoms with Crippen molar-refractivity contribution in [3.05, 3.63) is 11.6 Å². The van der Waals surface area contributed by atoms with Crippen LogP contribution in [0.1, 0.15) is 56.1 Å². The Morgan fingerprint density at radius 3 is 2.64 bits per heavy atom. The van der Waals surface area contributed by atoms with Crippen molar-refractivity contribution in [2.24, 2.45) is 5.73 Å². The third-order valence-electron chi connectivity index (χ3n) is 3.41. The van der Waals surface area contributed by atoms with Crippen molar-refractivity contribution in [3.8, 4) is 0 Å². The van der Waals surface area contributed by atoms with Gasteiger partial charge >= 0.3 is 0 Å². The first kappa shape index (κ1) is 8.41. The Kier molecular flexibility index (Phi) is 1.68. The molecule has 0 spiro atoms. The Bertz CT molecular complexity index is 334. The topological polar surface area (TPSA) is 67.6 Å². The van der Waals surface area contributed by atoms with Crippen LogP contribution in [0.2, 0.25) is 0 Å². The predicted molar refractivity (Wildman–Crippen MR) is 52.7 cm³/mol. The van der Waals surface area contributed by atoms with Gasteiger partial charge in [0.05, 0.1) is 5.54 Å². The van der Waals surface area contributed by atoms with E-state index in [0.29, 0.717) is 5.92 Å². The van der Waals surface area contributed by atoms with Gasteiger partial charge in [-0.15, -0.1) is 0 Å². The van der Waals surface area contributed by atoms with Crippen LogP contribution >= 0.6 is 0 Å². The SMILES string of the molecule is NC1(c2n[nH]c(C3CC3)n2)CCCC1. The summed E-state index contributed by atoms with van der Waals surface area (Å²) in [5.74, 6) is 2.54. The zero-order chi connectivity index (χ0) is 9.60. The molecule has 0 saturated heterocycles. The number of nitrogens with two attached hydrogens (primary N) is 1. The summed E-state index contributed by atoms with van der Waals surface area (Å²) in [6.07, 6.45) is 7.01. The number of rotatable bonds is 2. The van der Waals surface area contributed by atoms with Crippen molar-refractivity contribution in [1.29, 1.82) is 0 Å². The molecule has 0 amide bonds. The summed E-state index contributed by atoms with van der Waals surface area (Å²) in [6, 6.07) is 0. The van der Waals surface area contributed by atoms with E-state index in [9.17, 15) is 0 Å². The predicted octanol–water partition coefficient (Wildman–Crippen LogP) is 1.41. The van der Waals surface area contributed by atoms with Gasteiger partial charge in [0.1, 0.15) is 5.82 Å². The first-order chi connectivity index (χ1) is 6.78. The fourth-order valence-corrected chi connectivity index (χ4v) is 2.27. The van der Waals surface area contributed by atoms with E-state index < -0.39 is 0 Å². The number of nitrogens with one attached hydrogen (secondary N) is 1. The fourth-order valence-electron chi connectivity index (χ4n) is 2.27. The molecule has 2 aliphatic carbocycles. The van der Waals surface area contributed by atoms with Crippen LogP contribution < -0.4 is 5.73 Å². The molecule has 1 aromatic heterocycles. The number of aromatic nitrogens is 3. The average Bonchev–Trinajstić information content (AvgIpc) is 2.75. The van der Waals surface area contributed by atoms with Gasteiger partial charge in [0.2, 0.25) is 0 Å². The van der Waals surface area contributed by atoms with Gasteiger partial charge in [0.25, 0.3) is 0 Å². The molecule has 0 aromatic carbocycles. The van der Waals surface area contributed by atoms with E-state index in [4.69, 9.17) is 5.73 Å². The normalized spacial score (nSPS) is 25.5. The Labute approximate surface area is 83.3 Å². The monoisotopic (exact) mass is 192 g/mol. The smallest absolute Gasteiger partial charge is 0.170 e. The van der Waals surface area contributed by atoms with Crippen molar-refractivity contribution >= 4 is 0 Å². The van der Waals surface area contributed by atoms with Crippen LogP contribution in [0.25, 0.3) is 0 Å². The van der Waals surface area contributed by atoms with Crippen molar-refractivity contribution in [2.75, 3.05) is 0 Å². The largest absolute Gasteiger partial charge is 0.319 e. The molecule has 0 unspecified atom stereocenters. The van der Waals surface area contributed by atoms with E-state index in [1.54, 1.807) is 0 Å². The first-order valence-electron chi connectivity index (χ1n) is 5.50. The Morgan fingerprint density at radius 1 is 1.29 bits per heavy atom. The van der Waals surface area contributed by atoms with Gasteiger partial charge in [-0.2, -0.15) is 5.10 Å². The highest BCUT2D eigenvalue weighted by Gasteiger charge is 2.36. The lowest BCUT2D eigenvalue weighted by Gasteiger charge is -2.18. The van der Waals surface area contributed by atoms with Gasteiger partial charge in [0, 0.05) is 5.92 Å². The first-order valence-corrected chi connectivity index (χ1v) is 5.50. The summed E-state index contributed by atoms with van der Waals surface area (Å²) in [5, 5.41) is 7.30. The van der Waals surface area contributed by atoms with Crippen LogP contribution in [-0.2, 0) is 5.54 Å². The molecule has 4 nitrogen and oxygen atoms in total. The van der Waals surface area contributed by atoms with Crippen LogP contribution in [0, 0.1) is 0 Å². The summed E-state index contributed by atoms with van der Waals surface area (Å²) in [7, 11) is 0. The van der Waals surface area contributed by atoms with E-state index in [1.165, 1.54) is 25.7 Å². The fraction of sp³-hybridized carbons (Fsp3) is 0.800. The summed E-state index contributed by atoms with van der Waals surface area (Å²) in [4.78, 5) is 4.53. The molecular weight excluding hydrogens is 176 g/mol. The third-order valence-corrected chi connectivity index (χ3v) is 3.41. The Balaban J connectivity index is 1.87. The van der Waals surface area contributed by atoms with Crippen molar-refractivity contribution in [1.82, 2.24) is 15.2 Å². The molecule has 0 radical (unpaired) electrons. The molecule has 3 rings (SSSR count). The van der Waals surface area contributed by atoms with Crippen LogP contribution in [-0.4, -0.2) is 15.2 Å². The van der Waals surface area contributed by atoms with Crippen LogP contribution in [0.3, 0.4) is 0 Å². The second kappa shape index (κ2) is 2.79. The lowest BCUT2D eigenvalue weighted by atomic mass is 9.99. The molecule has 14 heavy (non-hydrogen) atoms. The Morgan fingerprint density at radius 2 is 2.00 bits per heavy atom. The highest BCUT2D eigenvalue weighted by atomic mass is 15.2. The molecule has 0 bridgehead atoms. The third kappa shape index (κ3) is 1.25. The molecule has 3 N–H and O–H groups in total. The number of hydrogen-bond acceptors (Lipinski definition) is 3. The minimum absolute atomic E-state index is 0.232. The number of nitrogens with zero attached hydrogens (tertiary/aromatic N) is 2. The maximum atomic E-state index is 6.27. The summed E-state index contributed by atoms with van der Waals surface area (Å²) in [5.41, 5.74) is 6.04. The van der Waals surface area contributed by atoms with Crippen molar-refractivity contribution < 1.29 is 0 Å². The lowest BCUT2D eigenvalue weighted by molar-refractivity contribution is 0.433. The van der Waals surface area contributed by atoms with Crippen LogP contribution in [0.15, 0.2) is 0 Å². The minimum Gasteiger partial charge on any atom is -0.319 e. The van der Waals surface area contributed by atoms with Crippen LogP contribution in [0.4, 0.5) is 0 Å². The van der Waals surface area contributed by atoms with E-state index in [-0.39, 0.29) is 5.54 Å². The van der Waals surface area contributed by atoms with Gasteiger partial charge in [-0.1, -0.05) is 12.8 Å². The summed E-state index contributed by atoms with van der Waals surface area (Å²) < 4.78 is 0. The maximum absolute atomic E-state index is 6.27. The molecule has 1 aromatic rings. The van der Waals surface area contributed by atoms with Gasteiger partial charge in [-0.25, -0.2) is 4.98 Å². The van der Waals surface area contributed by atoms with E-state index in [2.05, 4.69) is 15.2 Å². The highest BCUT2D eigenvalue weighted by molar-refractivity contribution is 5.12. The van der Waals surface area contributed by atoms with E-state index in [0.717, 1.165) is 24.5 Å². The molecule has 2 aliphatic rings. The summed E-state index contributed by atoms with van der Waals surface area (Å²) >= 11 is 0. The molecule has 0 aliphatic heterocycles. The van der Waals surface area contributed by atoms with Gasteiger partial charge < -0.3 is 5.73 Å². The number of aromatic amines is 1. The zero-order valence-electron chi connectivity index (χ0n) is 8.29. The van der Waals surface area contributed by atoms with Crippen LogP contribution in [0.5, 0.6) is 0 Å². The minimum atomic E-state index is -0.232. The lowest BCUT2D eigenvalue weighted by Crippen LogP contribution is -2.34. The Hall–Kier alpha value is -0.900. The molecule has 1 heterocycles. The van der Waals surface area contributed by atoms with E-state index in [1.807, 2.05) is 0 Å². The highest BCUT2D eigenvalue weighted by Crippen LogP contribution is 2.40. The second-order valence-electron chi connectivity index (χ2n) is 4.68. The molecular formula is C10H16N4. The van der Waals surface area contributed by atoms with Crippen molar-refractivity contribution in [2.45, 2.75) is 50.0 Å². The number of hydrogen-bond donors (Lipinski definition) is 2. The van der Waals surface area contributed by atoms with Gasteiger partial charge in [0.15, 0.2) is 5.82 Å². The van der Waals surface area contributed by atoms with Gasteiger partial charge in [-0.3, -0.25) is 5.10 Å². The van der Waals surface area contributed by atoms with E-state index >= 15 is 0 Å². The molecule has 2 saturated carbocycles. The summed E-state index contributed by atoms with van der Waals surface area (Å²) in [6.45, 7) is 0. The van der Waals surface area contributed by atoms with Gasteiger partial charge in [-0.05, 0) is 25.7 Å². The second-order valence-corrected chi connectivity index (χ2v) is 4.68. The number of H-pyrrole nitrogens is 1. The molecule has 76 valence electrons. The average molecular weight is 192 g/mol. The quantitative estimate of drug-likeness (QED) is 0.744. The standard InChI is InChI=1S/C10H16N4/c11-10(5-1-2-6-10)9-12-8(13-14-9)7-3-4-7/h7H,1-6,11H2,(H,12,13,14).